The van der Waals surface area contributed by atoms with Crippen molar-refractivity contribution in [2.24, 2.45) is 0 Å². The van der Waals surface area contributed by atoms with Crippen molar-refractivity contribution in [2.75, 3.05) is 0 Å². The van der Waals surface area contributed by atoms with Crippen LogP contribution in [0.1, 0.15) is 22.6 Å². The van der Waals surface area contributed by atoms with E-state index in [9.17, 15) is 0 Å². The molecule has 0 aliphatic heterocycles. The Kier molecular flexibility index (Phi) is 5.09. The largest absolute Gasteiger partial charge is 0.0843 e. The van der Waals surface area contributed by atoms with Crippen molar-refractivity contribution in [1.82, 2.24) is 0 Å². The summed E-state index contributed by atoms with van der Waals surface area (Å²) in [6, 6.07) is 42.8. The Balaban J connectivity index is 1.67. The quantitative estimate of drug-likeness (QED) is 0.264. The van der Waals surface area contributed by atoms with Crippen molar-refractivity contribution in [1.29, 1.82) is 0 Å². The summed E-state index contributed by atoms with van der Waals surface area (Å²) in [7, 11) is 0. The van der Waals surface area contributed by atoms with Crippen molar-refractivity contribution in [2.45, 2.75) is 5.92 Å². The molecule has 5 rings (SSSR count). The normalized spacial score (nSPS) is 12.0. The first kappa shape index (κ1) is 18.7. The lowest BCUT2D eigenvalue weighted by atomic mass is 9.82. The molecule has 0 saturated heterocycles. The number of hydrogen-bond donors (Lipinski definition) is 0. The molecular weight excluding hydrogens is 384 g/mol. The van der Waals surface area contributed by atoms with Crippen LogP contribution in [0.4, 0.5) is 0 Å². The van der Waals surface area contributed by atoms with E-state index in [1.54, 1.807) is 0 Å². The summed E-state index contributed by atoms with van der Waals surface area (Å²) in [5.74, 6) is 0.111. The van der Waals surface area contributed by atoms with Gasteiger partial charge >= 0.3 is 0 Å². The van der Waals surface area contributed by atoms with E-state index in [4.69, 9.17) is 11.6 Å². The molecule has 0 saturated carbocycles. The van der Waals surface area contributed by atoms with E-state index >= 15 is 0 Å². The van der Waals surface area contributed by atoms with Gasteiger partial charge in [0.25, 0.3) is 0 Å². The molecule has 0 heterocycles. The van der Waals surface area contributed by atoms with Crippen LogP contribution < -0.4 is 0 Å². The molecule has 0 aliphatic carbocycles. The number of benzene rings is 5. The fourth-order valence-corrected chi connectivity index (χ4v) is 4.44. The second kappa shape index (κ2) is 8.18. The summed E-state index contributed by atoms with van der Waals surface area (Å²) in [5, 5.41) is 3.29. The van der Waals surface area contributed by atoms with Crippen LogP contribution in [0.2, 0.25) is 5.02 Å². The first-order chi connectivity index (χ1) is 14.8. The van der Waals surface area contributed by atoms with E-state index in [0.717, 1.165) is 5.02 Å². The van der Waals surface area contributed by atoms with Gasteiger partial charge in [-0.05, 0) is 50.7 Å². The molecule has 1 unspecified atom stereocenters. The molecule has 1 heteroatoms. The lowest BCUT2D eigenvalue weighted by Crippen LogP contribution is -2.04. The molecule has 144 valence electrons. The minimum atomic E-state index is 0.111. The summed E-state index contributed by atoms with van der Waals surface area (Å²) in [4.78, 5) is 0. The van der Waals surface area contributed by atoms with Crippen LogP contribution in [0.5, 0.6) is 0 Å². The van der Waals surface area contributed by atoms with E-state index in [0.29, 0.717) is 0 Å². The van der Waals surface area contributed by atoms with Gasteiger partial charge in [0, 0.05) is 10.9 Å². The number of fused-ring (bicyclic) bond motifs is 1. The number of halogens is 1. The van der Waals surface area contributed by atoms with Crippen molar-refractivity contribution < 1.29 is 0 Å². The Morgan fingerprint density at radius 2 is 1.17 bits per heavy atom. The summed E-state index contributed by atoms with van der Waals surface area (Å²) in [6.45, 7) is 0. The maximum absolute atomic E-state index is 6.39. The van der Waals surface area contributed by atoms with Crippen molar-refractivity contribution in [3.05, 3.63) is 143 Å². The smallest absolute Gasteiger partial charge is 0.0409 e. The molecule has 0 fully saturated rings. The van der Waals surface area contributed by atoms with E-state index in [-0.39, 0.29) is 5.92 Å². The molecule has 0 aromatic heterocycles. The van der Waals surface area contributed by atoms with E-state index in [1.165, 1.54) is 38.6 Å². The molecule has 5 aromatic rings. The first-order valence-electron chi connectivity index (χ1n) is 10.2. The van der Waals surface area contributed by atoms with Gasteiger partial charge in [0.15, 0.2) is 0 Å². The van der Waals surface area contributed by atoms with Gasteiger partial charge in [-0.15, -0.1) is 0 Å². The lowest BCUT2D eigenvalue weighted by Gasteiger charge is -2.21. The first-order valence-corrected chi connectivity index (χ1v) is 10.6. The molecule has 0 spiro atoms. The fourth-order valence-electron chi connectivity index (χ4n) is 4.24. The van der Waals surface area contributed by atoms with Crippen molar-refractivity contribution >= 4 is 22.4 Å². The molecular formula is C29H21Cl. The predicted molar refractivity (Wildman–Crippen MR) is 128 cm³/mol. The van der Waals surface area contributed by atoms with Gasteiger partial charge in [0.05, 0.1) is 0 Å². The highest BCUT2D eigenvalue weighted by atomic mass is 35.5. The summed E-state index contributed by atoms with van der Waals surface area (Å²) in [5.41, 5.74) is 6.21. The third kappa shape index (κ3) is 3.63. The Hall–Kier alpha value is -3.35. The summed E-state index contributed by atoms with van der Waals surface area (Å²) >= 11 is 6.39. The zero-order valence-corrected chi connectivity index (χ0v) is 17.3. The average molecular weight is 405 g/mol. The van der Waals surface area contributed by atoms with E-state index < -0.39 is 0 Å². The monoisotopic (exact) mass is 404 g/mol. The van der Waals surface area contributed by atoms with Crippen LogP contribution in [0.3, 0.4) is 0 Å². The van der Waals surface area contributed by atoms with Gasteiger partial charge in [0.2, 0.25) is 0 Å². The maximum atomic E-state index is 6.39. The Morgan fingerprint density at radius 3 is 1.97 bits per heavy atom. The Labute approximate surface area is 182 Å². The third-order valence-electron chi connectivity index (χ3n) is 5.67. The maximum Gasteiger partial charge on any atom is 0.0409 e. The molecule has 30 heavy (non-hydrogen) atoms. The van der Waals surface area contributed by atoms with Gasteiger partial charge < -0.3 is 0 Å². The van der Waals surface area contributed by atoms with Crippen LogP contribution in [0.15, 0.2) is 121 Å². The lowest BCUT2D eigenvalue weighted by molar-refractivity contribution is 0.989. The SMILES string of the molecule is Clc1cccc(C(c2ccc(-c3ccccc3)cc2)c2cccc3ccccc23)c1. The molecule has 5 aromatic carbocycles. The zero-order valence-electron chi connectivity index (χ0n) is 16.5. The Bertz CT molecular complexity index is 1280. The predicted octanol–water partition coefficient (Wildman–Crippen LogP) is 8.34. The number of rotatable bonds is 4. The van der Waals surface area contributed by atoms with Gasteiger partial charge in [-0.3, -0.25) is 0 Å². The second-order valence-electron chi connectivity index (χ2n) is 7.54. The van der Waals surface area contributed by atoms with Gasteiger partial charge in [0.1, 0.15) is 0 Å². The van der Waals surface area contributed by atoms with Gasteiger partial charge in [-0.25, -0.2) is 0 Å². The average Bonchev–Trinajstić information content (AvgIpc) is 2.81. The summed E-state index contributed by atoms with van der Waals surface area (Å²) in [6.07, 6.45) is 0. The molecule has 0 aliphatic rings. The standard InChI is InChI=1S/C29H21Cl/c30-26-13-6-12-25(20-26)29(28-15-7-11-23-10-4-5-14-27(23)28)24-18-16-22(17-19-24)21-8-2-1-3-9-21/h1-20,29H. The van der Waals surface area contributed by atoms with Gasteiger partial charge in [-0.2, -0.15) is 0 Å². The minimum absolute atomic E-state index is 0.111. The van der Waals surface area contributed by atoms with E-state index in [1.807, 2.05) is 18.2 Å². The topological polar surface area (TPSA) is 0 Å². The van der Waals surface area contributed by atoms with Gasteiger partial charge in [-0.1, -0.05) is 121 Å². The fraction of sp³-hybridized carbons (Fsp3) is 0.0345. The van der Waals surface area contributed by atoms with Crippen LogP contribution >= 0.6 is 11.6 Å². The highest BCUT2D eigenvalue weighted by Crippen LogP contribution is 2.37. The molecule has 0 nitrogen and oxygen atoms in total. The highest BCUT2D eigenvalue weighted by molar-refractivity contribution is 6.30. The summed E-state index contributed by atoms with van der Waals surface area (Å²) < 4.78 is 0. The van der Waals surface area contributed by atoms with Crippen molar-refractivity contribution in [3.8, 4) is 11.1 Å². The van der Waals surface area contributed by atoms with Crippen LogP contribution in [0, 0.1) is 0 Å². The zero-order chi connectivity index (χ0) is 20.3. The van der Waals surface area contributed by atoms with E-state index in [2.05, 4.69) is 103 Å². The van der Waals surface area contributed by atoms with Crippen LogP contribution in [-0.4, -0.2) is 0 Å². The molecule has 0 bridgehead atoms. The molecule has 0 N–H and O–H groups in total. The number of hydrogen-bond acceptors (Lipinski definition) is 0. The Morgan fingerprint density at radius 1 is 0.500 bits per heavy atom. The molecule has 1 atom stereocenters. The van der Waals surface area contributed by atoms with Crippen LogP contribution in [-0.2, 0) is 0 Å². The highest BCUT2D eigenvalue weighted by Gasteiger charge is 2.19. The minimum Gasteiger partial charge on any atom is -0.0843 e. The molecule has 0 radical (unpaired) electrons. The van der Waals surface area contributed by atoms with Crippen molar-refractivity contribution in [3.63, 3.8) is 0 Å². The third-order valence-corrected chi connectivity index (χ3v) is 5.90. The van der Waals surface area contributed by atoms with Crippen LogP contribution in [0.25, 0.3) is 21.9 Å². The second-order valence-corrected chi connectivity index (χ2v) is 7.98. The molecule has 0 amide bonds.